The first kappa shape index (κ1) is 8.79. The summed E-state index contributed by atoms with van der Waals surface area (Å²) in [4.78, 5) is 11.5. The molecule has 0 heterocycles. The third-order valence-electron chi connectivity index (χ3n) is 2.90. The number of esters is 1. The minimum atomic E-state index is 0.000602. The molecule has 1 atom stereocenters. The maximum Gasteiger partial charge on any atom is 0.313 e. The van der Waals surface area contributed by atoms with Crippen LogP contribution in [0.1, 0.15) is 38.5 Å². The fourth-order valence-corrected chi connectivity index (χ4v) is 2.09. The van der Waals surface area contributed by atoms with Crippen molar-refractivity contribution < 1.29 is 9.53 Å². The molecule has 1 unspecified atom stereocenters. The zero-order valence-electron chi connectivity index (χ0n) is 7.87. The van der Waals surface area contributed by atoms with Gasteiger partial charge in [0.1, 0.15) is 6.10 Å². The molecular weight excluding hydrogens is 164 g/mol. The van der Waals surface area contributed by atoms with Crippen molar-refractivity contribution in [3.63, 3.8) is 0 Å². The van der Waals surface area contributed by atoms with Gasteiger partial charge in [0.15, 0.2) is 0 Å². The van der Waals surface area contributed by atoms with Gasteiger partial charge in [-0.25, -0.2) is 0 Å². The molecule has 0 aliphatic heterocycles. The van der Waals surface area contributed by atoms with Gasteiger partial charge in [-0.2, -0.15) is 0 Å². The maximum absolute atomic E-state index is 11.5. The number of hydrogen-bond donors (Lipinski definition) is 0. The molecule has 0 bridgehead atoms. The van der Waals surface area contributed by atoms with Crippen molar-refractivity contribution in [1.29, 1.82) is 0 Å². The highest BCUT2D eigenvalue weighted by atomic mass is 16.5. The van der Waals surface area contributed by atoms with Crippen LogP contribution < -0.4 is 0 Å². The summed E-state index contributed by atoms with van der Waals surface area (Å²) in [6.07, 6.45) is 10.8. The van der Waals surface area contributed by atoms with Gasteiger partial charge in [0, 0.05) is 0 Å². The summed E-state index contributed by atoms with van der Waals surface area (Å²) in [6, 6.07) is 0. The summed E-state index contributed by atoms with van der Waals surface area (Å²) in [5.41, 5.74) is 0. The van der Waals surface area contributed by atoms with Gasteiger partial charge in [-0.15, -0.1) is 0 Å². The molecule has 0 radical (unpaired) electrons. The van der Waals surface area contributed by atoms with E-state index in [2.05, 4.69) is 6.08 Å². The van der Waals surface area contributed by atoms with Crippen molar-refractivity contribution in [2.75, 3.05) is 0 Å². The molecule has 2 aliphatic carbocycles. The number of carbonyl (C=O) groups excluding carboxylic acids is 1. The minimum absolute atomic E-state index is 0.000602. The van der Waals surface area contributed by atoms with Crippen LogP contribution >= 0.6 is 0 Å². The Kier molecular flexibility index (Phi) is 2.67. The van der Waals surface area contributed by atoms with Crippen molar-refractivity contribution in [2.45, 2.75) is 44.6 Å². The van der Waals surface area contributed by atoms with Crippen LogP contribution in [0.5, 0.6) is 0 Å². The van der Waals surface area contributed by atoms with Crippen LogP contribution in [0.4, 0.5) is 0 Å². The predicted molar refractivity (Wildman–Crippen MR) is 50.2 cm³/mol. The lowest BCUT2D eigenvalue weighted by atomic mass is 10.1. The molecule has 0 aromatic carbocycles. The van der Waals surface area contributed by atoms with Gasteiger partial charge in [-0.3, -0.25) is 4.79 Å². The Morgan fingerprint density at radius 3 is 2.62 bits per heavy atom. The molecule has 0 aromatic heterocycles. The fourth-order valence-electron chi connectivity index (χ4n) is 2.09. The quantitative estimate of drug-likeness (QED) is 0.482. The lowest BCUT2D eigenvalue weighted by Crippen LogP contribution is -2.20. The van der Waals surface area contributed by atoms with Crippen molar-refractivity contribution in [1.82, 2.24) is 0 Å². The molecule has 0 amide bonds. The van der Waals surface area contributed by atoms with Gasteiger partial charge < -0.3 is 4.74 Å². The highest BCUT2D eigenvalue weighted by Crippen LogP contribution is 2.24. The second kappa shape index (κ2) is 3.95. The van der Waals surface area contributed by atoms with E-state index in [0.29, 0.717) is 0 Å². The van der Waals surface area contributed by atoms with Crippen LogP contribution in [0.25, 0.3) is 0 Å². The van der Waals surface area contributed by atoms with Gasteiger partial charge in [-0.05, 0) is 38.5 Å². The first-order valence-electron chi connectivity index (χ1n) is 5.23. The Morgan fingerprint density at radius 1 is 1.23 bits per heavy atom. The van der Waals surface area contributed by atoms with Gasteiger partial charge in [0.25, 0.3) is 0 Å². The van der Waals surface area contributed by atoms with E-state index in [-0.39, 0.29) is 18.0 Å². The molecule has 0 saturated heterocycles. The Bertz CT molecular complexity index is 214. The first-order valence-corrected chi connectivity index (χ1v) is 5.23. The summed E-state index contributed by atoms with van der Waals surface area (Å²) in [7, 11) is 0. The average molecular weight is 180 g/mol. The highest BCUT2D eigenvalue weighted by Gasteiger charge is 2.24. The summed E-state index contributed by atoms with van der Waals surface area (Å²) < 4.78 is 5.41. The van der Waals surface area contributed by atoms with E-state index < -0.39 is 0 Å². The standard InChI is InChI=1S/C11H16O2/c12-11(9-5-1-2-6-9)13-10-7-3-4-8-10/h1,5,9-10H,2-4,6-8H2. The van der Waals surface area contributed by atoms with Crippen LogP contribution in [-0.2, 0) is 9.53 Å². The number of rotatable bonds is 2. The van der Waals surface area contributed by atoms with Crippen molar-refractivity contribution in [3.05, 3.63) is 12.2 Å². The van der Waals surface area contributed by atoms with Crippen LogP contribution in [-0.4, -0.2) is 12.1 Å². The molecule has 13 heavy (non-hydrogen) atoms. The fraction of sp³-hybridized carbons (Fsp3) is 0.727. The van der Waals surface area contributed by atoms with Gasteiger partial charge >= 0.3 is 5.97 Å². The average Bonchev–Trinajstić information content (AvgIpc) is 2.74. The lowest BCUT2D eigenvalue weighted by Gasteiger charge is -2.13. The van der Waals surface area contributed by atoms with E-state index in [9.17, 15) is 4.79 Å². The van der Waals surface area contributed by atoms with E-state index in [1.807, 2.05) is 6.08 Å². The number of hydrogen-bond acceptors (Lipinski definition) is 2. The first-order chi connectivity index (χ1) is 6.36. The Labute approximate surface area is 79.0 Å². The second-order valence-corrected chi connectivity index (χ2v) is 3.96. The van der Waals surface area contributed by atoms with Crippen LogP contribution in [0, 0.1) is 5.92 Å². The minimum Gasteiger partial charge on any atom is -0.462 e. The number of ether oxygens (including phenoxy) is 1. The van der Waals surface area contributed by atoms with Gasteiger partial charge in [0.05, 0.1) is 5.92 Å². The molecule has 2 heteroatoms. The molecule has 2 aliphatic rings. The highest BCUT2D eigenvalue weighted by molar-refractivity contribution is 5.75. The van der Waals surface area contributed by atoms with Gasteiger partial charge in [0.2, 0.25) is 0 Å². The summed E-state index contributed by atoms with van der Waals surface area (Å²) in [5, 5.41) is 0. The molecule has 1 saturated carbocycles. The molecule has 2 rings (SSSR count). The van der Waals surface area contributed by atoms with Gasteiger partial charge in [-0.1, -0.05) is 12.2 Å². The van der Waals surface area contributed by atoms with Crippen molar-refractivity contribution in [3.8, 4) is 0 Å². The zero-order valence-corrected chi connectivity index (χ0v) is 7.87. The summed E-state index contributed by atoms with van der Waals surface area (Å²) in [5.74, 6) is 0.0567. The van der Waals surface area contributed by atoms with Crippen molar-refractivity contribution in [2.24, 2.45) is 5.92 Å². The number of allylic oxidation sites excluding steroid dienone is 1. The Balaban J connectivity index is 1.80. The topological polar surface area (TPSA) is 26.3 Å². The molecule has 0 spiro atoms. The van der Waals surface area contributed by atoms with E-state index in [1.54, 1.807) is 0 Å². The van der Waals surface area contributed by atoms with E-state index >= 15 is 0 Å². The summed E-state index contributed by atoms with van der Waals surface area (Å²) in [6.45, 7) is 0. The largest absolute Gasteiger partial charge is 0.462 e. The molecule has 72 valence electrons. The van der Waals surface area contributed by atoms with Crippen molar-refractivity contribution >= 4 is 5.97 Å². The zero-order chi connectivity index (χ0) is 9.10. The molecule has 0 aromatic rings. The second-order valence-electron chi connectivity index (χ2n) is 3.96. The molecule has 1 fully saturated rings. The van der Waals surface area contributed by atoms with Crippen LogP contribution in [0.3, 0.4) is 0 Å². The van der Waals surface area contributed by atoms with Crippen LogP contribution in [0.15, 0.2) is 12.2 Å². The maximum atomic E-state index is 11.5. The van der Waals surface area contributed by atoms with E-state index in [1.165, 1.54) is 12.8 Å². The SMILES string of the molecule is O=C(OC1CCCC1)C1C=CCC1. The smallest absolute Gasteiger partial charge is 0.313 e. The molecule has 0 N–H and O–H groups in total. The number of carbonyl (C=O) groups is 1. The Hall–Kier alpha value is -0.790. The predicted octanol–water partition coefficient (Wildman–Crippen LogP) is 2.44. The molecular formula is C11H16O2. The van der Waals surface area contributed by atoms with Crippen LogP contribution in [0.2, 0.25) is 0 Å². The van der Waals surface area contributed by atoms with E-state index in [0.717, 1.165) is 25.7 Å². The normalized spacial score (nSPS) is 28.2. The Morgan fingerprint density at radius 2 is 2.00 bits per heavy atom. The summed E-state index contributed by atoms with van der Waals surface area (Å²) >= 11 is 0. The van der Waals surface area contributed by atoms with E-state index in [4.69, 9.17) is 4.74 Å². The molecule has 2 nitrogen and oxygen atoms in total. The third-order valence-corrected chi connectivity index (χ3v) is 2.90. The third kappa shape index (κ3) is 2.11. The lowest BCUT2D eigenvalue weighted by molar-refractivity contribution is -0.151. The monoisotopic (exact) mass is 180 g/mol.